The Hall–Kier alpha value is -2.22. The highest BCUT2D eigenvalue weighted by Gasteiger charge is 2.12. The summed E-state index contributed by atoms with van der Waals surface area (Å²) < 4.78 is 6.56. The van der Waals surface area contributed by atoms with Crippen LogP contribution < -0.4 is 11.1 Å². The molecule has 0 aliphatic carbocycles. The molecule has 0 bridgehead atoms. The molecule has 19 heavy (non-hydrogen) atoms. The van der Waals surface area contributed by atoms with Crippen LogP contribution in [0.4, 0.5) is 5.13 Å². The van der Waals surface area contributed by atoms with Gasteiger partial charge in [0.25, 0.3) is 0 Å². The van der Waals surface area contributed by atoms with Crippen LogP contribution >= 0.6 is 11.3 Å². The average Bonchev–Trinajstić information content (AvgIpc) is 2.96. The van der Waals surface area contributed by atoms with Gasteiger partial charge in [0.15, 0.2) is 11.2 Å². The summed E-state index contributed by atoms with van der Waals surface area (Å²) in [6, 6.07) is 3.44. The molecule has 0 saturated carbocycles. The Labute approximate surface area is 111 Å². The highest BCUT2D eigenvalue weighted by Crippen LogP contribution is 2.17. The molecule has 3 aromatic heterocycles. The van der Waals surface area contributed by atoms with Gasteiger partial charge < -0.3 is 9.73 Å². The second kappa shape index (κ2) is 4.81. The Balaban J connectivity index is 1.96. The van der Waals surface area contributed by atoms with Crippen molar-refractivity contribution in [3.63, 3.8) is 0 Å². The van der Waals surface area contributed by atoms with E-state index < -0.39 is 5.76 Å². The Bertz CT molecular complexity index is 760. The van der Waals surface area contributed by atoms with Crippen LogP contribution in [0, 0.1) is 0 Å². The molecule has 0 spiro atoms. The topological polar surface area (TPSA) is 85.8 Å². The lowest BCUT2D eigenvalue weighted by molar-refractivity contribution is 0.517. The van der Waals surface area contributed by atoms with Crippen molar-refractivity contribution in [1.82, 2.24) is 19.7 Å². The zero-order valence-corrected chi connectivity index (χ0v) is 11.0. The average molecular weight is 277 g/mol. The molecule has 0 aliphatic heterocycles. The maximum absolute atomic E-state index is 11.8. The van der Waals surface area contributed by atoms with E-state index in [4.69, 9.17) is 4.42 Å². The number of aromatic nitrogens is 4. The Morgan fingerprint density at radius 2 is 2.37 bits per heavy atom. The van der Waals surface area contributed by atoms with Crippen molar-refractivity contribution in [3.8, 4) is 0 Å². The Kier molecular flexibility index (Phi) is 3.00. The number of nitrogens with one attached hydrogen (secondary N) is 1. The number of fused-ring (bicyclic) bond motifs is 1. The predicted molar refractivity (Wildman–Crippen MR) is 71.4 cm³/mol. The van der Waals surface area contributed by atoms with Gasteiger partial charge in [-0.1, -0.05) is 11.3 Å². The highest BCUT2D eigenvalue weighted by atomic mass is 32.1. The number of oxazole rings is 1. The van der Waals surface area contributed by atoms with Crippen LogP contribution in [-0.4, -0.2) is 26.3 Å². The molecule has 0 atom stereocenters. The summed E-state index contributed by atoms with van der Waals surface area (Å²) in [4.78, 5) is 15.9. The molecule has 8 heteroatoms. The molecule has 0 radical (unpaired) electrons. The fourth-order valence-corrected chi connectivity index (χ4v) is 2.51. The molecule has 3 rings (SSSR count). The number of hydrogen-bond donors (Lipinski definition) is 1. The first-order valence-electron chi connectivity index (χ1n) is 5.78. The maximum Gasteiger partial charge on any atom is 0.421 e. The molecule has 1 N–H and O–H groups in total. The van der Waals surface area contributed by atoms with Gasteiger partial charge in [-0.15, -0.1) is 10.2 Å². The SMILES string of the molecule is CCNc1nnc(Cn2c(=O)oc3cccnc32)s1. The van der Waals surface area contributed by atoms with Crippen LogP contribution in [0.1, 0.15) is 11.9 Å². The smallest absolute Gasteiger partial charge is 0.406 e. The van der Waals surface area contributed by atoms with Gasteiger partial charge in [-0.05, 0) is 19.1 Å². The summed E-state index contributed by atoms with van der Waals surface area (Å²) in [5, 5.41) is 12.6. The quantitative estimate of drug-likeness (QED) is 0.774. The van der Waals surface area contributed by atoms with Crippen molar-refractivity contribution < 1.29 is 4.42 Å². The maximum atomic E-state index is 11.8. The number of hydrogen-bond acceptors (Lipinski definition) is 7. The van der Waals surface area contributed by atoms with Gasteiger partial charge in [0.1, 0.15) is 5.01 Å². The number of pyridine rings is 1. The molecule has 7 nitrogen and oxygen atoms in total. The minimum absolute atomic E-state index is 0.311. The molecule has 0 amide bonds. The van der Waals surface area contributed by atoms with E-state index in [0.29, 0.717) is 17.8 Å². The minimum Gasteiger partial charge on any atom is -0.406 e. The van der Waals surface area contributed by atoms with Gasteiger partial charge >= 0.3 is 5.76 Å². The number of rotatable bonds is 4. The van der Waals surface area contributed by atoms with E-state index in [2.05, 4.69) is 20.5 Å². The molecular formula is C11H11N5O2S. The van der Waals surface area contributed by atoms with Crippen LogP contribution in [0.25, 0.3) is 11.2 Å². The number of nitrogens with zero attached hydrogens (tertiary/aromatic N) is 4. The lowest BCUT2D eigenvalue weighted by Crippen LogP contribution is -2.15. The molecule has 3 heterocycles. The highest BCUT2D eigenvalue weighted by molar-refractivity contribution is 7.15. The third-order valence-electron chi connectivity index (χ3n) is 2.51. The van der Waals surface area contributed by atoms with Gasteiger partial charge in [0.05, 0.1) is 6.54 Å². The van der Waals surface area contributed by atoms with Crippen molar-refractivity contribution in [3.05, 3.63) is 33.9 Å². The first-order chi connectivity index (χ1) is 9.28. The lowest BCUT2D eigenvalue weighted by Gasteiger charge is -1.96. The second-order valence-corrected chi connectivity index (χ2v) is 4.87. The van der Waals surface area contributed by atoms with E-state index in [1.54, 1.807) is 18.3 Å². The lowest BCUT2D eigenvalue weighted by atomic mass is 10.4. The van der Waals surface area contributed by atoms with Gasteiger partial charge in [0, 0.05) is 12.7 Å². The van der Waals surface area contributed by atoms with Crippen molar-refractivity contribution >= 4 is 27.7 Å². The third kappa shape index (κ3) is 2.22. The molecule has 0 aromatic carbocycles. The van der Waals surface area contributed by atoms with Crippen LogP contribution in [0.5, 0.6) is 0 Å². The van der Waals surface area contributed by atoms with E-state index in [9.17, 15) is 4.79 Å². The van der Waals surface area contributed by atoms with Crippen LogP contribution in [0.15, 0.2) is 27.5 Å². The van der Waals surface area contributed by atoms with Gasteiger partial charge in [-0.2, -0.15) is 0 Å². The summed E-state index contributed by atoms with van der Waals surface area (Å²) in [6.45, 7) is 3.08. The first-order valence-corrected chi connectivity index (χ1v) is 6.60. The van der Waals surface area contributed by atoms with E-state index in [0.717, 1.165) is 16.7 Å². The molecule has 0 fully saturated rings. The normalized spacial score (nSPS) is 11.0. The van der Waals surface area contributed by atoms with Gasteiger partial charge in [-0.25, -0.2) is 9.78 Å². The fourth-order valence-electron chi connectivity index (χ4n) is 1.72. The van der Waals surface area contributed by atoms with Crippen molar-refractivity contribution in [1.29, 1.82) is 0 Å². The summed E-state index contributed by atoms with van der Waals surface area (Å²) >= 11 is 1.41. The largest absolute Gasteiger partial charge is 0.421 e. The standard InChI is InChI=1S/C11H11N5O2S/c1-2-12-10-15-14-8(19-10)6-16-9-7(18-11(16)17)4-3-5-13-9/h3-5H,2,6H2,1H3,(H,12,15). The zero-order chi connectivity index (χ0) is 13.2. The molecule has 0 saturated heterocycles. The van der Waals surface area contributed by atoms with Gasteiger partial charge in [-0.3, -0.25) is 4.57 Å². The van der Waals surface area contributed by atoms with Crippen LogP contribution in [-0.2, 0) is 6.54 Å². The van der Waals surface area contributed by atoms with E-state index in [1.807, 2.05) is 6.92 Å². The monoisotopic (exact) mass is 277 g/mol. The molecule has 0 unspecified atom stereocenters. The molecule has 3 aromatic rings. The summed E-state index contributed by atoms with van der Waals surface area (Å²) in [7, 11) is 0. The molecule has 98 valence electrons. The van der Waals surface area contributed by atoms with Crippen LogP contribution in [0.3, 0.4) is 0 Å². The summed E-state index contributed by atoms with van der Waals surface area (Å²) in [6.07, 6.45) is 1.62. The number of anilines is 1. The molecule has 0 aliphatic rings. The van der Waals surface area contributed by atoms with E-state index in [1.165, 1.54) is 15.9 Å². The first kappa shape index (κ1) is 11.8. The van der Waals surface area contributed by atoms with E-state index in [-0.39, 0.29) is 0 Å². The zero-order valence-electron chi connectivity index (χ0n) is 10.2. The predicted octanol–water partition coefficient (Wildman–Crippen LogP) is 1.32. The van der Waals surface area contributed by atoms with Crippen molar-refractivity contribution in [2.24, 2.45) is 0 Å². The minimum atomic E-state index is -0.436. The second-order valence-electron chi connectivity index (χ2n) is 3.81. The summed E-state index contributed by atoms with van der Waals surface area (Å²) in [5.74, 6) is -0.436. The van der Waals surface area contributed by atoms with E-state index >= 15 is 0 Å². The molecular weight excluding hydrogens is 266 g/mol. The van der Waals surface area contributed by atoms with Crippen LogP contribution in [0.2, 0.25) is 0 Å². The Morgan fingerprint density at radius 1 is 1.47 bits per heavy atom. The summed E-state index contributed by atoms with van der Waals surface area (Å²) in [5.41, 5.74) is 0.997. The van der Waals surface area contributed by atoms with Crippen molar-refractivity contribution in [2.45, 2.75) is 13.5 Å². The van der Waals surface area contributed by atoms with Crippen molar-refractivity contribution in [2.75, 3.05) is 11.9 Å². The van der Waals surface area contributed by atoms with Gasteiger partial charge in [0.2, 0.25) is 5.13 Å². The Morgan fingerprint density at radius 3 is 3.21 bits per heavy atom. The fraction of sp³-hybridized carbons (Fsp3) is 0.273. The third-order valence-corrected chi connectivity index (χ3v) is 3.38.